The molecule has 2 aromatic carbocycles. The maximum atomic E-state index is 13.6. The van der Waals surface area contributed by atoms with Crippen LogP contribution in [-0.2, 0) is 11.0 Å². The van der Waals surface area contributed by atoms with Crippen LogP contribution < -0.4 is 5.32 Å². The second-order valence-corrected chi connectivity index (χ2v) is 7.46. The fourth-order valence-electron chi connectivity index (χ4n) is 2.58. The molecular weight excluding hydrogens is 435 g/mol. The fraction of sp³-hybridized carbons (Fsp3) is 0.0952. The highest BCUT2D eigenvalue weighted by Crippen LogP contribution is 2.38. The molecule has 3 aromatic rings. The molecular formula is C21H13ClF3N3OS. The molecule has 0 atom stereocenters. The van der Waals surface area contributed by atoms with Crippen LogP contribution in [0.3, 0.4) is 0 Å². The van der Waals surface area contributed by atoms with Gasteiger partial charge >= 0.3 is 6.18 Å². The van der Waals surface area contributed by atoms with Crippen molar-refractivity contribution in [3.8, 4) is 17.3 Å². The molecule has 1 N–H and O–H groups in total. The molecule has 0 spiro atoms. The molecule has 0 fully saturated rings. The second kappa shape index (κ2) is 9.20. The Morgan fingerprint density at radius 3 is 2.40 bits per heavy atom. The minimum absolute atomic E-state index is 0.0314. The number of pyridine rings is 1. The third-order valence-corrected chi connectivity index (χ3v) is 5.17. The molecule has 0 aliphatic carbocycles. The number of alkyl halides is 3. The van der Waals surface area contributed by atoms with Crippen LogP contribution in [-0.4, -0.2) is 16.6 Å². The first-order valence-corrected chi connectivity index (χ1v) is 9.90. The van der Waals surface area contributed by atoms with Crippen molar-refractivity contribution in [1.82, 2.24) is 4.98 Å². The number of amides is 1. The van der Waals surface area contributed by atoms with Gasteiger partial charge in [0.1, 0.15) is 11.1 Å². The minimum atomic E-state index is -4.75. The molecule has 1 aromatic heterocycles. The highest BCUT2D eigenvalue weighted by molar-refractivity contribution is 8.00. The summed E-state index contributed by atoms with van der Waals surface area (Å²) in [6.07, 6.45) is -4.75. The maximum Gasteiger partial charge on any atom is 0.417 e. The Morgan fingerprint density at radius 2 is 1.80 bits per heavy atom. The number of hydrogen-bond donors (Lipinski definition) is 1. The van der Waals surface area contributed by atoms with Crippen molar-refractivity contribution in [1.29, 1.82) is 5.26 Å². The number of para-hydroxylation sites is 1. The van der Waals surface area contributed by atoms with E-state index in [-0.39, 0.29) is 16.5 Å². The number of benzene rings is 2. The summed E-state index contributed by atoms with van der Waals surface area (Å²) in [5, 5.41) is 12.2. The van der Waals surface area contributed by atoms with Crippen molar-refractivity contribution in [2.45, 2.75) is 11.2 Å². The zero-order valence-electron chi connectivity index (χ0n) is 15.2. The van der Waals surface area contributed by atoms with Gasteiger partial charge in [0.25, 0.3) is 0 Å². The molecule has 152 valence electrons. The fourth-order valence-corrected chi connectivity index (χ4v) is 3.51. The Bertz CT molecular complexity index is 1100. The van der Waals surface area contributed by atoms with Gasteiger partial charge in [0.15, 0.2) is 0 Å². The molecule has 0 aliphatic rings. The molecule has 3 rings (SSSR count). The quantitative estimate of drug-likeness (QED) is 0.485. The number of nitriles is 1. The van der Waals surface area contributed by atoms with Crippen molar-refractivity contribution >= 4 is 35.0 Å². The number of nitrogens with one attached hydrogen (secondary N) is 1. The van der Waals surface area contributed by atoms with Gasteiger partial charge < -0.3 is 5.32 Å². The molecule has 1 amide bonds. The molecule has 0 aliphatic heterocycles. The van der Waals surface area contributed by atoms with Gasteiger partial charge in [0, 0.05) is 16.3 Å². The molecule has 0 bridgehead atoms. The number of anilines is 1. The number of halogens is 4. The van der Waals surface area contributed by atoms with Crippen LogP contribution in [0, 0.1) is 11.3 Å². The highest BCUT2D eigenvalue weighted by Gasteiger charge is 2.36. The van der Waals surface area contributed by atoms with Gasteiger partial charge in [0.2, 0.25) is 5.91 Å². The average Bonchev–Trinajstić information content (AvgIpc) is 2.72. The average molecular weight is 448 g/mol. The molecule has 1 heterocycles. The highest BCUT2D eigenvalue weighted by atomic mass is 35.5. The largest absolute Gasteiger partial charge is 0.417 e. The van der Waals surface area contributed by atoms with Crippen molar-refractivity contribution in [3.05, 3.63) is 76.8 Å². The lowest BCUT2D eigenvalue weighted by molar-refractivity contribution is -0.138. The van der Waals surface area contributed by atoms with Gasteiger partial charge in [-0.15, -0.1) is 0 Å². The van der Waals surface area contributed by atoms with E-state index in [2.05, 4.69) is 10.3 Å². The van der Waals surface area contributed by atoms with E-state index in [1.807, 2.05) is 0 Å². The Labute approximate surface area is 179 Å². The summed E-state index contributed by atoms with van der Waals surface area (Å²) in [5.41, 5.74) is -0.718. The second-order valence-electron chi connectivity index (χ2n) is 6.05. The van der Waals surface area contributed by atoms with E-state index < -0.39 is 23.2 Å². The first kappa shape index (κ1) is 21.7. The number of carbonyl (C=O) groups is 1. The van der Waals surface area contributed by atoms with Gasteiger partial charge in [-0.1, -0.05) is 53.7 Å². The van der Waals surface area contributed by atoms with Crippen molar-refractivity contribution in [2.24, 2.45) is 0 Å². The van der Waals surface area contributed by atoms with Crippen LogP contribution >= 0.6 is 23.4 Å². The number of aromatic nitrogens is 1. The van der Waals surface area contributed by atoms with Crippen molar-refractivity contribution < 1.29 is 18.0 Å². The Hall–Kier alpha value is -3.02. The van der Waals surface area contributed by atoms with Crippen LogP contribution in [0.2, 0.25) is 5.02 Å². The Kier molecular flexibility index (Phi) is 6.65. The van der Waals surface area contributed by atoms with Crippen LogP contribution in [0.1, 0.15) is 11.1 Å². The van der Waals surface area contributed by atoms with Crippen LogP contribution in [0.25, 0.3) is 11.3 Å². The number of thioether (sulfide) groups is 1. The zero-order valence-corrected chi connectivity index (χ0v) is 16.8. The van der Waals surface area contributed by atoms with Crippen molar-refractivity contribution in [2.75, 3.05) is 11.1 Å². The van der Waals surface area contributed by atoms with Gasteiger partial charge in [0.05, 0.1) is 22.6 Å². The Morgan fingerprint density at radius 1 is 1.13 bits per heavy atom. The molecule has 9 heteroatoms. The zero-order chi connectivity index (χ0) is 21.7. The predicted octanol–water partition coefficient (Wildman–Crippen LogP) is 6.02. The smallest absolute Gasteiger partial charge is 0.325 e. The summed E-state index contributed by atoms with van der Waals surface area (Å²) in [6.45, 7) is 0. The normalized spacial score (nSPS) is 11.0. The van der Waals surface area contributed by atoms with E-state index in [0.717, 1.165) is 17.8 Å². The van der Waals surface area contributed by atoms with E-state index in [4.69, 9.17) is 11.6 Å². The third kappa shape index (κ3) is 5.32. The standard InChI is InChI=1S/C21H13ClF3N3OS/c22-14-8-6-13(7-9-14)18-10-17(21(23,24)25)16(11-26)20(28-18)30-12-19(29)27-15-4-2-1-3-5-15/h1-10H,12H2,(H,27,29). The molecule has 0 saturated heterocycles. The third-order valence-electron chi connectivity index (χ3n) is 3.94. The van der Waals surface area contributed by atoms with Crippen molar-refractivity contribution in [3.63, 3.8) is 0 Å². The lowest BCUT2D eigenvalue weighted by Gasteiger charge is -2.14. The van der Waals surface area contributed by atoms with E-state index in [9.17, 15) is 23.2 Å². The molecule has 0 unspecified atom stereocenters. The van der Waals surface area contributed by atoms with Gasteiger partial charge in [-0.05, 0) is 30.3 Å². The molecule has 0 saturated carbocycles. The maximum absolute atomic E-state index is 13.6. The van der Waals surface area contributed by atoms with Crippen LogP contribution in [0.15, 0.2) is 65.7 Å². The summed E-state index contributed by atoms with van der Waals surface area (Å²) < 4.78 is 40.7. The lowest BCUT2D eigenvalue weighted by Crippen LogP contribution is -2.15. The lowest BCUT2D eigenvalue weighted by atomic mass is 10.1. The summed E-state index contributed by atoms with van der Waals surface area (Å²) in [5.74, 6) is -0.639. The van der Waals surface area contributed by atoms with Gasteiger partial charge in [-0.25, -0.2) is 4.98 Å². The first-order chi connectivity index (χ1) is 14.3. The summed E-state index contributed by atoms with van der Waals surface area (Å²) in [6, 6.07) is 17.2. The molecule has 4 nitrogen and oxygen atoms in total. The minimum Gasteiger partial charge on any atom is -0.325 e. The van der Waals surface area contributed by atoms with E-state index >= 15 is 0 Å². The van der Waals surface area contributed by atoms with Crippen LogP contribution in [0.5, 0.6) is 0 Å². The Balaban J connectivity index is 1.93. The number of rotatable bonds is 5. The van der Waals surface area contributed by atoms with E-state index in [0.29, 0.717) is 16.3 Å². The molecule has 0 radical (unpaired) electrons. The first-order valence-electron chi connectivity index (χ1n) is 8.54. The SMILES string of the molecule is N#Cc1c(C(F)(F)F)cc(-c2ccc(Cl)cc2)nc1SCC(=O)Nc1ccccc1. The molecule has 30 heavy (non-hydrogen) atoms. The predicted molar refractivity (Wildman–Crippen MR) is 110 cm³/mol. The topological polar surface area (TPSA) is 65.8 Å². The summed E-state index contributed by atoms with van der Waals surface area (Å²) in [4.78, 5) is 16.4. The number of nitrogens with zero attached hydrogens (tertiary/aromatic N) is 2. The van der Waals surface area contributed by atoms with E-state index in [1.165, 1.54) is 24.3 Å². The van der Waals surface area contributed by atoms with Gasteiger partial charge in [-0.3, -0.25) is 4.79 Å². The number of carbonyl (C=O) groups excluding carboxylic acids is 1. The van der Waals surface area contributed by atoms with Gasteiger partial charge in [-0.2, -0.15) is 18.4 Å². The summed E-state index contributed by atoms with van der Waals surface area (Å²) in [7, 11) is 0. The monoisotopic (exact) mass is 447 g/mol. The summed E-state index contributed by atoms with van der Waals surface area (Å²) >= 11 is 6.61. The van der Waals surface area contributed by atoms with Crippen LogP contribution in [0.4, 0.5) is 18.9 Å². The number of hydrogen-bond acceptors (Lipinski definition) is 4. The van der Waals surface area contributed by atoms with E-state index in [1.54, 1.807) is 36.4 Å².